The third kappa shape index (κ3) is 2.51. The predicted molar refractivity (Wildman–Crippen MR) is 68.5 cm³/mol. The van der Waals surface area contributed by atoms with Gasteiger partial charge in [0.1, 0.15) is 5.82 Å². The van der Waals surface area contributed by atoms with E-state index in [4.69, 9.17) is 16.7 Å². The quantitative estimate of drug-likeness (QED) is 0.885. The smallest absolute Gasteiger partial charge is 0.337 e. The first-order chi connectivity index (χ1) is 8.47. The van der Waals surface area contributed by atoms with Crippen LogP contribution in [0.25, 0.3) is 11.1 Å². The number of hydrogen-bond acceptors (Lipinski definition) is 1. The second kappa shape index (κ2) is 4.78. The molecule has 0 bridgehead atoms. The van der Waals surface area contributed by atoms with Gasteiger partial charge in [0.15, 0.2) is 0 Å². The fraction of sp³-hybridized carbons (Fsp3) is 0.0714. The van der Waals surface area contributed by atoms with Crippen LogP contribution in [0.15, 0.2) is 36.4 Å². The molecule has 2 aromatic rings. The number of carboxylic acid groups (broad SMARTS) is 1. The fourth-order valence-electron chi connectivity index (χ4n) is 1.77. The molecule has 0 aliphatic carbocycles. The molecule has 1 N–H and O–H groups in total. The molecule has 18 heavy (non-hydrogen) atoms. The van der Waals surface area contributed by atoms with Gasteiger partial charge in [0.2, 0.25) is 0 Å². The summed E-state index contributed by atoms with van der Waals surface area (Å²) in [5, 5.41) is 9.15. The van der Waals surface area contributed by atoms with Crippen molar-refractivity contribution in [2.45, 2.75) is 6.92 Å². The standard InChI is InChI=1S/C14H10ClFO2/c1-8-4-10(6-11(16)5-8)9-2-3-13(15)12(7-9)14(17)18/h2-7H,1H3,(H,17,18). The normalized spacial score (nSPS) is 10.4. The molecule has 0 aromatic heterocycles. The van der Waals surface area contributed by atoms with Crippen LogP contribution in [0.1, 0.15) is 15.9 Å². The lowest BCUT2D eigenvalue weighted by Crippen LogP contribution is -1.97. The first kappa shape index (κ1) is 12.6. The van der Waals surface area contributed by atoms with E-state index < -0.39 is 5.97 Å². The molecule has 0 aliphatic heterocycles. The van der Waals surface area contributed by atoms with Crippen LogP contribution in [0.5, 0.6) is 0 Å². The molecule has 0 atom stereocenters. The molecular weight excluding hydrogens is 255 g/mol. The van der Waals surface area contributed by atoms with Crippen LogP contribution in [0, 0.1) is 12.7 Å². The number of carbonyl (C=O) groups is 1. The van der Waals surface area contributed by atoms with E-state index in [9.17, 15) is 9.18 Å². The minimum absolute atomic E-state index is 0.0103. The highest BCUT2D eigenvalue weighted by molar-refractivity contribution is 6.33. The Morgan fingerprint density at radius 2 is 1.89 bits per heavy atom. The number of carboxylic acids is 1. The van der Waals surface area contributed by atoms with Crippen LogP contribution >= 0.6 is 11.6 Å². The van der Waals surface area contributed by atoms with Gasteiger partial charge >= 0.3 is 5.97 Å². The largest absolute Gasteiger partial charge is 0.478 e. The summed E-state index contributed by atoms with van der Waals surface area (Å²) in [6.07, 6.45) is 0. The van der Waals surface area contributed by atoms with Gasteiger partial charge in [0.05, 0.1) is 10.6 Å². The number of halogens is 2. The van der Waals surface area contributed by atoms with Gasteiger partial charge in [-0.25, -0.2) is 9.18 Å². The van der Waals surface area contributed by atoms with Crippen LogP contribution in [-0.2, 0) is 0 Å². The maximum atomic E-state index is 13.3. The Kier molecular flexibility index (Phi) is 3.34. The zero-order valence-electron chi connectivity index (χ0n) is 9.58. The van der Waals surface area contributed by atoms with E-state index in [1.165, 1.54) is 24.3 Å². The van der Waals surface area contributed by atoms with Crippen molar-refractivity contribution in [1.29, 1.82) is 0 Å². The summed E-state index contributed by atoms with van der Waals surface area (Å²) in [5.74, 6) is -1.45. The van der Waals surface area contributed by atoms with Crippen LogP contribution in [-0.4, -0.2) is 11.1 Å². The van der Waals surface area contributed by atoms with Crippen molar-refractivity contribution in [3.8, 4) is 11.1 Å². The summed E-state index contributed by atoms with van der Waals surface area (Å²) >= 11 is 5.79. The van der Waals surface area contributed by atoms with Crippen LogP contribution in [0.2, 0.25) is 5.02 Å². The van der Waals surface area contributed by atoms with E-state index in [-0.39, 0.29) is 16.4 Å². The Morgan fingerprint density at radius 1 is 1.17 bits per heavy atom. The van der Waals surface area contributed by atoms with E-state index >= 15 is 0 Å². The van der Waals surface area contributed by atoms with E-state index in [0.717, 1.165) is 5.56 Å². The van der Waals surface area contributed by atoms with Crippen molar-refractivity contribution in [2.75, 3.05) is 0 Å². The average Bonchev–Trinajstić information content (AvgIpc) is 2.27. The van der Waals surface area contributed by atoms with Crippen molar-refractivity contribution in [2.24, 2.45) is 0 Å². The van der Waals surface area contributed by atoms with Gasteiger partial charge in [-0.2, -0.15) is 0 Å². The summed E-state index contributed by atoms with van der Waals surface area (Å²) in [4.78, 5) is 11.0. The summed E-state index contributed by atoms with van der Waals surface area (Å²) < 4.78 is 13.3. The Balaban J connectivity index is 2.57. The molecule has 0 amide bonds. The zero-order valence-corrected chi connectivity index (χ0v) is 10.3. The summed E-state index contributed by atoms with van der Waals surface area (Å²) in [6, 6.07) is 9.18. The summed E-state index contributed by atoms with van der Waals surface area (Å²) in [7, 11) is 0. The van der Waals surface area contributed by atoms with Gasteiger partial charge in [-0.1, -0.05) is 23.7 Å². The Bertz CT molecular complexity index is 603. The summed E-state index contributed by atoms with van der Waals surface area (Å²) in [5.41, 5.74) is 2.04. The number of aromatic carboxylic acids is 1. The van der Waals surface area contributed by atoms with Crippen LogP contribution in [0.4, 0.5) is 4.39 Å². The Labute approximate surface area is 109 Å². The third-order valence-corrected chi connectivity index (χ3v) is 2.90. The molecule has 0 saturated heterocycles. The van der Waals surface area contributed by atoms with Crippen LogP contribution < -0.4 is 0 Å². The fourth-order valence-corrected chi connectivity index (χ4v) is 1.97. The third-order valence-electron chi connectivity index (χ3n) is 2.57. The van der Waals surface area contributed by atoms with E-state index in [1.54, 1.807) is 19.1 Å². The highest BCUT2D eigenvalue weighted by Gasteiger charge is 2.10. The lowest BCUT2D eigenvalue weighted by atomic mass is 10.0. The zero-order chi connectivity index (χ0) is 13.3. The maximum Gasteiger partial charge on any atom is 0.337 e. The Hall–Kier alpha value is -1.87. The molecule has 0 aliphatic rings. The van der Waals surface area contributed by atoms with E-state index in [0.29, 0.717) is 11.1 Å². The van der Waals surface area contributed by atoms with E-state index in [2.05, 4.69) is 0 Å². The molecule has 2 rings (SSSR count). The molecule has 2 nitrogen and oxygen atoms in total. The Morgan fingerprint density at radius 3 is 2.50 bits per heavy atom. The van der Waals surface area contributed by atoms with Gasteiger partial charge in [-0.15, -0.1) is 0 Å². The van der Waals surface area contributed by atoms with Gasteiger partial charge in [-0.3, -0.25) is 0 Å². The minimum Gasteiger partial charge on any atom is -0.478 e. The molecule has 2 aromatic carbocycles. The van der Waals surface area contributed by atoms with Crippen molar-refractivity contribution in [1.82, 2.24) is 0 Å². The molecule has 0 saturated carbocycles. The minimum atomic E-state index is -1.10. The van der Waals surface area contributed by atoms with Gasteiger partial charge in [0, 0.05) is 0 Å². The first-order valence-electron chi connectivity index (χ1n) is 5.28. The van der Waals surface area contributed by atoms with E-state index in [1.807, 2.05) is 0 Å². The number of aryl methyl sites for hydroxylation is 1. The number of benzene rings is 2. The monoisotopic (exact) mass is 264 g/mol. The lowest BCUT2D eigenvalue weighted by Gasteiger charge is -2.06. The molecule has 92 valence electrons. The summed E-state index contributed by atoms with van der Waals surface area (Å²) in [6.45, 7) is 1.78. The highest BCUT2D eigenvalue weighted by atomic mass is 35.5. The van der Waals surface area contributed by atoms with Gasteiger partial charge < -0.3 is 5.11 Å². The van der Waals surface area contributed by atoms with Crippen molar-refractivity contribution >= 4 is 17.6 Å². The van der Waals surface area contributed by atoms with Crippen molar-refractivity contribution < 1.29 is 14.3 Å². The average molecular weight is 265 g/mol. The molecule has 0 heterocycles. The van der Waals surface area contributed by atoms with Gasteiger partial charge in [0.25, 0.3) is 0 Å². The molecule has 0 radical (unpaired) electrons. The lowest BCUT2D eigenvalue weighted by molar-refractivity contribution is 0.0697. The second-order valence-corrected chi connectivity index (χ2v) is 4.42. The molecule has 0 unspecified atom stereocenters. The molecular formula is C14H10ClFO2. The second-order valence-electron chi connectivity index (χ2n) is 4.02. The number of rotatable bonds is 2. The topological polar surface area (TPSA) is 37.3 Å². The van der Waals surface area contributed by atoms with Gasteiger partial charge in [-0.05, 0) is 47.9 Å². The number of hydrogen-bond donors (Lipinski definition) is 1. The first-order valence-corrected chi connectivity index (χ1v) is 5.65. The predicted octanol–water partition coefficient (Wildman–Crippen LogP) is 4.15. The van der Waals surface area contributed by atoms with Crippen molar-refractivity contribution in [3.05, 3.63) is 58.4 Å². The maximum absolute atomic E-state index is 13.3. The molecule has 0 spiro atoms. The van der Waals surface area contributed by atoms with Crippen LogP contribution in [0.3, 0.4) is 0 Å². The SMILES string of the molecule is Cc1cc(F)cc(-c2ccc(Cl)c(C(=O)O)c2)c1. The van der Waals surface area contributed by atoms with Crippen molar-refractivity contribution in [3.63, 3.8) is 0 Å². The highest BCUT2D eigenvalue weighted by Crippen LogP contribution is 2.26. The molecule has 4 heteroatoms. The molecule has 0 fully saturated rings.